The summed E-state index contributed by atoms with van der Waals surface area (Å²) in [5.41, 5.74) is 4.24. The number of halogens is 1. The summed E-state index contributed by atoms with van der Waals surface area (Å²) in [6.07, 6.45) is 8.60. The van der Waals surface area contributed by atoms with Gasteiger partial charge in [-0.3, -0.25) is 0 Å². The average Bonchev–Trinajstić information content (AvgIpc) is 3.38. The molecule has 0 spiro atoms. The van der Waals surface area contributed by atoms with Crippen molar-refractivity contribution in [1.29, 1.82) is 0 Å². The van der Waals surface area contributed by atoms with Crippen molar-refractivity contribution in [1.82, 2.24) is 19.5 Å². The molecule has 1 aliphatic carbocycles. The maximum absolute atomic E-state index is 4.90. The highest BCUT2D eigenvalue weighted by molar-refractivity contribution is 9.10. The Bertz CT molecular complexity index is 1060. The van der Waals surface area contributed by atoms with Gasteiger partial charge in [-0.15, -0.1) is 0 Å². The Morgan fingerprint density at radius 2 is 2.06 bits per heavy atom. The number of aromatic nitrogens is 3. The molecule has 2 fully saturated rings. The zero-order valence-electron chi connectivity index (χ0n) is 18.5. The SMILES string of the molecule is Cc1ccccc1-c1cc(NCC2CCCN(C3CCC(C)C3)C2)n2ncc(Br)c2n1. The molecule has 0 bridgehead atoms. The minimum absolute atomic E-state index is 0.675. The van der Waals surface area contributed by atoms with Gasteiger partial charge in [0.05, 0.1) is 16.4 Å². The van der Waals surface area contributed by atoms with E-state index in [4.69, 9.17) is 4.98 Å². The van der Waals surface area contributed by atoms with Crippen LogP contribution in [0.3, 0.4) is 0 Å². The summed E-state index contributed by atoms with van der Waals surface area (Å²) in [6, 6.07) is 11.4. The fourth-order valence-electron chi connectivity index (χ4n) is 5.41. The second kappa shape index (κ2) is 8.91. The Kier molecular flexibility index (Phi) is 6.02. The Morgan fingerprint density at radius 3 is 2.87 bits per heavy atom. The van der Waals surface area contributed by atoms with Gasteiger partial charge in [-0.25, -0.2) is 4.98 Å². The van der Waals surface area contributed by atoms with Crippen molar-refractivity contribution in [2.45, 2.75) is 52.0 Å². The summed E-state index contributed by atoms with van der Waals surface area (Å²) >= 11 is 3.62. The lowest BCUT2D eigenvalue weighted by atomic mass is 9.96. The standard InChI is InChI=1S/C25H32BrN5/c1-17-9-10-20(12-17)30-11-5-7-19(16-30)14-27-24-13-23(21-8-4-3-6-18(21)2)29-25-22(26)15-28-31(24)25/h3-4,6,8,13,15,17,19-20,27H,5,7,9-12,14,16H2,1-2H3. The van der Waals surface area contributed by atoms with Crippen molar-refractivity contribution in [2.75, 3.05) is 25.0 Å². The molecule has 0 amide bonds. The van der Waals surface area contributed by atoms with Gasteiger partial charge in [-0.2, -0.15) is 9.61 Å². The molecule has 5 nitrogen and oxygen atoms in total. The highest BCUT2D eigenvalue weighted by Gasteiger charge is 2.30. The molecule has 2 aliphatic rings. The molecular formula is C25H32BrN5. The van der Waals surface area contributed by atoms with Crippen LogP contribution in [0.25, 0.3) is 16.9 Å². The van der Waals surface area contributed by atoms with E-state index >= 15 is 0 Å². The van der Waals surface area contributed by atoms with E-state index in [0.29, 0.717) is 5.92 Å². The molecule has 164 valence electrons. The van der Waals surface area contributed by atoms with Crippen molar-refractivity contribution in [2.24, 2.45) is 11.8 Å². The van der Waals surface area contributed by atoms with E-state index in [1.807, 2.05) is 10.7 Å². The first-order valence-electron chi connectivity index (χ1n) is 11.7. The fourth-order valence-corrected chi connectivity index (χ4v) is 5.76. The Balaban J connectivity index is 1.36. The van der Waals surface area contributed by atoms with Crippen LogP contribution in [0, 0.1) is 18.8 Å². The number of rotatable bonds is 5. The molecular weight excluding hydrogens is 450 g/mol. The topological polar surface area (TPSA) is 45.5 Å². The minimum atomic E-state index is 0.675. The third-order valence-electron chi connectivity index (χ3n) is 7.16. The maximum atomic E-state index is 4.90. The molecule has 6 heteroatoms. The predicted molar refractivity (Wildman–Crippen MR) is 130 cm³/mol. The molecule has 1 saturated heterocycles. The largest absolute Gasteiger partial charge is 0.370 e. The highest BCUT2D eigenvalue weighted by Crippen LogP contribution is 2.32. The summed E-state index contributed by atoms with van der Waals surface area (Å²) in [5, 5.41) is 8.29. The van der Waals surface area contributed by atoms with E-state index in [-0.39, 0.29) is 0 Å². The molecule has 0 radical (unpaired) electrons. The number of fused-ring (bicyclic) bond motifs is 1. The summed E-state index contributed by atoms with van der Waals surface area (Å²) in [6.45, 7) is 8.01. The first-order chi connectivity index (χ1) is 15.1. The number of likely N-dealkylation sites (tertiary alicyclic amines) is 1. The first kappa shape index (κ1) is 21.0. The molecule has 5 rings (SSSR count). The van der Waals surface area contributed by atoms with Crippen molar-refractivity contribution >= 4 is 27.4 Å². The Hall–Kier alpha value is -1.92. The van der Waals surface area contributed by atoms with Gasteiger partial charge in [0.15, 0.2) is 5.65 Å². The number of nitrogens with zero attached hydrogens (tertiary/aromatic N) is 4. The molecule has 31 heavy (non-hydrogen) atoms. The van der Waals surface area contributed by atoms with Crippen molar-refractivity contribution in [3.05, 3.63) is 46.6 Å². The van der Waals surface area contributed by atoms with E-state index in [1.54, 1.807) is 0 Å². The fraction of sp³-hybridized carbons (Fsp3) is 0.520. The van der Waals surface area contributed by atoms with E-state index < -0.39 is 0 Å². The van der Waals surface area contributed by atoms with Gasteiger partial charge in [-0.1, -0.05) is 31.2 Å². The highest BCUT2D eigenvalue weighted by atomic mass is 79.9. The molecule has 2 aromatic heterocycles. The third kappa shape index (κ3) is 4.37. The number of aryl methyl sites for hydroxylation is 1. The number of benzene rings is 1. The second-order valence-corrected chi connectivity index (χ2v) is 10.4. The predicted octanol–water partition coefficient (Wildman–Crippen LogP) is 5.78. The van der Waals surface area contributed by atoms with E-state index in [2.05, 4.69) is 75.4 Å². The second-order valence-electron chi connectivity index (χ2n) is 9.53. The van der Waals surface area contributed by atoms with Gasteiger partial charge in [0, 0.05) is 30.8 Å². The lowest BCUT2D eigenvalue weighted by Gasteiger charge is -2.37. The molecule has 3 heterocycles. The molecule has 3 aromatic rings. The normalized spacial score (nSPS) is 24.7. The average molecular weight is 482 g/mol. The number of anilines is 1. The molecule has 1 aromatic carbocycles. The monoisotopic (exact) mass is 481 g/mol. The summed E-state index contributed by atoms with van der Waals surface area (Å²) in [4.78, 5) is 7.67. The van der Waals surface area contributed by atoms with Crippen molar-refractivity contribution in [3.8, 4) is 11.3 Å². The molecule has 1 saturated carbocycles. The van der Waals surface area contributed by atoms with Crippen molar-refractivity contribution in [3.63, 3.8) is 0 Å². The zero-order valence-corrected chi connectivity index (χ0v) is 20.1. The summed E-state index contributed by atoms with van der Waals surface area (Å²) < 4.78 is 2.84. The van der Waals surface area contributed by atoms with Crippen LogP contribution in [0.2, 0.25) is 0 Å². The van der Waals surface area contributed by atoms with Gasteiger partial charge >= 0.3 is 0 Å². The van der Waals surface area contributed by atoms with Crippen LogP contribution in [0.1, 0.15) is 44.6 Å². The smallest absolute Gasteiger partial charge is 0.172 e. The van der Waals surface area contributed by atoms with Crippen LogP contribution in [0.5, 0.6) is 0 Å². The van der Waals surface area contributed by atoms with Gasteiger partial charge in [0.25, 0.3) is 0 Å². The third-order valence-corrected chi connectivity index (χ3v) is 7.71. The van der Waals surface area contributed by atoms with Gasteiger partial charge in [0.1, 0.15) is 5.82 Å². The van der Waals surface area contributed by atoms with Crippen LogP contribution in [0.15, 0.2) is 41.0 Å². The van der Waals surface area contributed by atoms with Gasteiger partial charge in [0.2, 0.25) is 0 Å². The van der Waals surface area contributed by atoms with Crippen LogP contribution in [-0.2, 0) is 0 Å². The van der Waals surface area contributed by atoms with Crippen LogP contribution < -0.4 is 5.32 Å². The van der Waals surface area contributed by atoms with E-state index in [1.165, 1.54) is 56.3 Å². The Labute approximate surface area is 193 Å². The number of hydrogen-bond donors (Lipinski definition) is 1. The number of nitrogens with one attached hydrogen (secondary N) is 1. The maximum Gasteiger partial charge on any atom is 0.172 e. The lowest BCUT2D eigenvalue weighted by molar-refractivity contribution is 0.127. The minimum Gasteiger partial charge on any atom is -0.370 e. The van der Waals surface area contributed by atoms with E-state index in [0.717, 1.165) is 40.1 Å². The molecule has 1 N–H and O–H groups in total. The molecule has 1 aliphatic heterocycles. The van der Waals surface area contributed by atoms with Gasteiger partial charge < -0.3 is 10.2 Å². The summed E-state index contributed by atoms with van der Waals surface area (Å²) in [5.74, 6) is 2.58. The first-order valence-corrected chi connectivity index (χ1v) is 12.5. The summed E-state index contributed by atoms with van der Waals surface area (Å²) in [7, 11) is 0. The van der Waals surface area contributed by atoms with Crippen molar-refractivity contribution < 1.29 is 0 Å². The van der Waals surface area contributed by atoms with Gasteiger partial charge in [-0.05, 0) is 78.9 Å². The van der Waals surface area contributed by atoms with E-state index in [9.17, 15) is 0 Å². The molecule has 3 unspecified atom stereocenters. The van der Waals surface area contributed by atoms with Crippen LogP contribution >= 0.6 is 15.9 Å². The number of hydrogen-bond acceptors (Lipinski definition) is 4. The van der Waals surface area contributed by atoms with Crippen LogP contribution in [0.4, 0.5) is 5.82 Å². The Morgan fingerprint density at radius 1 is 1.19 bits per heavy atom. The lowest BCUT2D eigenvalue weighted by Crippen LogP contribution is -2.43. The molecule has 3 atom stereocenters. The quantitative estimate of drug-likeness (QED) is 0.501. The number of piperidine rings is 1. The zero-order chi connectivity index (χ0) is 21.4. The van der Waals surface area contributed by atoms with Crippen LogP contribution in [-0.4, -0.2) is 45.2 Å².